The molecule has 2 aromatic heterocycles. The van der Waals surface area contributed by atoms with Gasteiger partial charge in [0.05, 0.1) is 14.7 Å². The number of ether oxygens (including phenoxy) is 1. The third-order valence-electron chi connectivity index (χ3n) is 4.50. The Morgan fingerprint density at radius 2 is 2.13 bits per heavy atom. The van der Waals surface area contributed by atoms with Crippen molar-refractivity contribution >= 4 is 17.4 Å². The first-order valence-electron chi connectivity index (χ1n) is 16.1. The van der Waals surface area contributed by atoms with Crippen LogP contribution in [0.1, 0.15) is 47.5 Å². The summed E-state index contributed by atoms with van der Waals surface area (Å²) >= 11 is 0. The van der Waals surface area contributed by atoms with E-state index >= 15 is 0 Å². The number of imidazole rings is 1. The molecule has 8 nitrogen and oxygen atoms in total. The summed E-state index contributed by atoms with van der Waals surface area (Å²) in [6.07, 6.45) is -0.383. The quantitative estimate of drug-likeness (QED) is 0.629. The van der Waals surface area contributed by atoms with Crippen molar-refractivity contribution in [2.45, 2.75) is 39.0 Å². The predicted octanol–water partition coefficient (Wildman–Crippen LogP) is 3.31. The molecule has 3 heterocycles. The first-order chi connectivity index (χ1) is 20.4. The normalized spacial score (nSPS) is 26.1. The number of carbonyl (C=O) groups excluding carboxylic acids is 1. The maximum absolute atomic E-state index is 13.8. The largest absolute Gasteiger partial charge is 0.497 e. The van der Waals surface area contributed by atoms with Gasteiger partial charge in [0.25, 0.3) is 0 Å². The van der Waals surface area contributed by atoms with Gasteiger partial charge in [-0.2, -0.15) is 4.98 Å². The Labute approximate surface area is 197 Å². The molecule has 3 aromatic rings. The SMILES string of the molecule is [2H]C([2H])([2H])N1C(=O)C(C([2H])([2H])C([2H])([2H])[2H])N(C([2H])(C([2H])([2H])[2H])C([2H])([2H])[2H])c2nc(-n3ccnc3-c3ccc(OC)cc3)ncc21. The van der Waals surface area contributed by atoms with Gasteiger partial charge in [-0.15, -0.1) is 0 Å². The Hall–Kier alpha value is -3.42. The number of rotatable bonds is 5. The highest BCUT2D eigenvalue weighted by molar-refractivity contribution is 6.04. The van der Waals surface area contributed by atoms with Gasteiger partial charge in [-0.3, -0.25) is 9.36 Å². The maximum Gasteiger partial charge on any atom is 0.249 e. The molecule has 0 saturated carbocycles. The molecule has 0 aliphatic carbocycles. The molecule has 0 radical (unpaired) electrons. The summed E-state index contributed by atoms with van der Waals surface area (Å²) in [4.78, 5) is 26.3. The van der Waals surface area contributed by atoms with Crippen molar-refractivity contribution < 1.29 is 30.1 Å². The molecule has 4 rings (SSSR count). The van der Waals surface area contributed by atoms with Crippen LogP contribution in [0.5, 0.6) is 5.75 Å². The second-order valence-corrected chi connectivity index (χ2v) is 6.17. The summed E-state index contributed by atoms with van der Waals surface area (Å²) in [6, 6.07) is -0.457. The molecule has 0 N–H and O–H groups in total. The van der Waals surface area contributed by atoms with Crippen LogP contribution in [0.2, 0.25) is 0 Å². The van der Waals surface area contributed by atoms with Crippen LogP contribution in [0.25, 0.3) is 17.3 Å². The van der Waals surface area contributed by atoms with Crippen LogP contribution < -0.4 is 14.5 Å². The highest BCUT2D eigenvalue weighted by Crippen LogP contribution is 2.36. The van der Waals surface area contributed by atoms with E-state index in [4.69, 9.17) is 25.3 Å². The van der Waals surface area contributed by atoms with Gasteiger partial charge in [-0.25, -0.2) is 9.97 Å². The fourth-order valence-corrected chi connectivity index (χ4v) is 3.06. The molecule has 156 valence electrons. The predicted molar refractivity (Wildman–Crippen MR) is 116 cm³/mol. The van der Waals surface area contributed by atoms with Gasteiger partial charge in [0.2, 0.25) is 11.9 Å². The zero-order chi connectivity index (χ0) is 34.1. The number of anilines is 2. The Kier molecular flexibility index (Phi) is 2.27. The molecular weight excluding hydrogens is 380 g/mol. The van der Waals surface area contributed by atoms with E-state index in [0.29, 0.717) is 11.3 Å². The number of fused-ring (bicyclic) bond motifs is 1. The molecular formula is C22H26N6O2. The summed E-state index contributed by atoms with van der Waals surface area (Å²) in [5.74, 6) is -2.53. The molecule has 1 atom stereocenters. The molecule has 0 saturated heterocycles. The second-order valence-electron chi connectivity index (χ2n) is 6.17. The molecule has 0 bridgehead atoms. The van der Waals surface area contributed by atoms with E-state index in [2.05, 4.69) is 15.0 Å². The average Bonchev–Trinajstić information content (AvgIpc) is 3.39. The molecule has 0 fully saturated rings. The molecule has 1 aromatic carbocycles. The Morgan fingerprint density at radius 3 is 2.83 bits per heavy atom. The van der Waals surface area contributed by atoms with Gasteiger partial charge < -0.3 is 14.5 Å². The third-order valence-corrected chi connectivity index (χ3v) is 4.50. The minimum Gasteiger partial charge on any atom is -0.497 e. The molecule has 1 aliphatic heterocycles. The van der Waals surface area contributed by atoms with E-state index < -0.39 is 69.3 Å². The highest BCUT2D eigenvalue weighted by Gasteiger charge is 2.38. The standard InChI is InChI=1S/C22H26N6O2/c1-6-17-21(29)26(4)18-13-24-22(25-20(18)28(17)14(2)3)27-12-11-23-19(27)15-7-9-16(30-5)10-8-15/h7-14,17H,6H2,1-5H3/i1D3,2D3,3D3,4D3,6D2,14D. The van der Waals surface area contributed by atoms with Crippen LogP contribution in [0, 0.1) is 0 Å². The van der Waals surface area contributed by atoms with Gasteiger partial charge in [0, 0.05) is 50.1 Å². The zero-order valence-electron chi connectivity index (χ0n) is 30.6. The van der Waals surface area contributed by atoms with E-state index in [9.17, 15) is 4.79 Å². The number of aromatic nitrogens is 4. The Morgan fingerprint density at radius 1 is 1.30 bits per heavy atom. The van der Waals surface area contributed by atoms with Crippen LogP contribution >= 0.6 is 0 Å². The van der Waals surface area contributed by atoms with E-state index in [1.54, 1.807) is 24.3 Å². The lowest BCUT2D eigenvalue weighted by molar-refractivity contribution is -0.120. The Balaban J connectivity index is 2.12. The fraction of sp³-hybridized carbons (Fsp3) is 0.364. The minimum atomic E-state index is -3.94. The lowest BCUT2D eigenvalue weighted by atomic mass is 10.1. The number of amides is 1. The number of hydrogen-bond acceptors (Lipinski definition) is 6. The van der Waals surface area contributed by atoms with Crippen LogP contribution in [0.15, 0.2) is 42.9 Å². The summed E-state index contributed by atoms with van der Waals surface area (Å²) in [7, 11) is 1.46. The topological polar surface area (TPSA) is 76.4 Å². The number of hydrogen-bond donors (Lipinski definition) is 0. The number of nitrogens with zero attached hydrogens (tertiary/aromatic N) is 6. The molecule has 1 amide bonds. The van der Waals surface area contributed by atoms with Crippen LogP contribution in [0.4, 0.5) is 11.5 Å². The van der Waals surface area contributed by atoms with Crippen molar-refractivity contribution in [1.82, 2.24) is 19.5 Å². The van der Waals surface area contributed by atoms with Crippen molar-refractivity contribution in [1.29, 1.82) is 0 Å². The molecule has 0 spiro atoms. The second kappa shape index (κ2) is 7.78. The van der Waals surface area contributed by atoms with Crippen molar-refractivity contribution in [3.05, 3.63) is 42.9 Å². The van der Waals surface area contributed by atoms with E-state index in [-0.39, 0.29) is 15.6 Å². The summed E-state index contributed by atoms with van der Waals surface area (Å²) in [5.41, 5.74) is -0.327. The third kappa shape index (κ3) is 3.18. The smallest absolute Gasteiger partial charge is 0.249 e. The molecule has 1 aliphatic rings. The van der Waals surface area contributed by atoms with Gasteiger partial charge in [0.15, 0.2) is 5.82 Å². The number of methoxy groups -OCH3 is 1. The molecule has 1 unspecified atom stereocenters. The summed E-state index contributed by atoms with van der Waals surface area (Å²) < 4.78 is 128. The summed E-state index contributed by atoms with van der Waals surface area (Å²) in [6.45, 7) is -15.0. The van der Waals surface area contributed by atoms with Crippen LogP contribution in [-0.4, -0.2) is 51.6 Å². The van der Waals surface area contributed by atoms with E-state index in [0.717, 1.165) is 6.20 Å². The van der Waals surface area contributed by atoms with Gasteiger partial charge in [-0.1, -0.05) is 6.85 Å². The zero-order valence-corrected chi connectivity index (χ0v) is 15.6. The molecule has 30 heavy (non-hydrogen) atoms. The van der Waals surface area contributed by atoms with Gasteiger partial charge >= 0.3 is 0 Å². The first kappa shape index (κ1) is 8.75. The number of likely N-dealkylation sites (N-methyl/N-ethyl adjacent to an activating group) is 1. The number of benzene rings is 1. The lowest BCUT2D eigenvalue weighted by Crippen LogP contribution is -2.55. The van der Waals surface area contributed by atoms with Crippen molar-refractivity contribution in [2.75, 3.05) is 23.9 Å². The summed E-state index contributed by atoms with van der Waals surface area (Å²) in [5, 5.41) is 0. The highest BCUT2D eigenvalue weighted by atomic mass is 16.5. The number of carbonyl (C=O) groups is 1. The lowest BCUT2D eigenvalue weighted by Gasteiger charge is -2.42. The minimum absolute atomic E-state index is 0.00536. The average molecular weight is 422 g/mol. The first-order valence-corrected chi connectivity index (χ1v) is 8.58. The van der Waals surface area contributed by atoms with E-state index in [1.165, 1.54) is 24.1 Å². The van der Waals surface area contributed by atoms with Crippen LogP contribution in [0.3, 0.4) is 0 Å². The molecule has 8 heteroatoms. The van der Waals surface area contributed by atoms with Crippen molar-refractivity contribution in [3.63, 3.8) is 0 Å². The van der Waals surface area contributed by atoms with Gasteiger partial charge in [-0.05, 0) is 44.3 Å². The van der Waals surface area contributed by atoms with Crippen molar-refractivity contribution in [3.8, 4) is 23.1 Å². The fourth-order valence-electron chi connectivity index (χ4n) is 3.06. The van der Waals surface area contributed by atoms with E-state index in [1.807, 2.05) is 0 Å². The maximum atomic E-state index is 13.8. The monoisotopic (exact) mass is 421 g/mol. The van der Waals surface area contributed by atoms with Crippen LogP contribution in [-0.2, 0) is 4.79 Å². The van der Waals surface area contributed by atoms with Gasteiger partial charge in [0.1, 0.15) is 23.3 Å². The Bertz CT molecular complexity index is 1560. The van der Waals surface area contributed by atoms with Crippen molar-refractivity contribution in [2.24, 2.45) is 0 Å².